The van der Waals surface area contributed by atoms with Crippen LogP contribution in [0.2, 0.25) is 0 Å². The van der Waals surface area contributed by atoms with Crippen LogP contribution in [0.4, 0.5) is 0 Å². The summed E-state index contributed by atoms with van der Waals surface area (Å²) in [5.74, 6) is -0.274. The minimum atomic E-state index is -0.274. The molecule has 1 rings (SSSR count). The van der Waals surface area contributed by atoms with Gasteiger partial charge >= 0.3 is 5.97 Å². The molecule has 0 saturated carbocycles. The standard InChI is InChI=1S/C14H21NO2/c1-5-7-15-8-6-12(14(16)17-4)10-13(15)9-11(2)3/h6,8-10,13H,5,7H2,1-4H3. The van der Waals surface area contributed by atoms with Gasteiger partial charge in [-0.3, -0.25) is 0 Å². The fourth-order valence-electron chi connectivity index (χ4n) is 1.83. The summed E-state index contributed by atoms with van der Waals surface area (Å²) in [4.78, 5) is 13.7. The molecule has 0 N–H and O–H groups in total. The van der Waals surface area contributed by atoms with E-state index in [4.69, 9.17) is 4.74 Å². The molecular formula is C14H21NO2. The Kier molecular flexibility index (Phi) is 5.01. The Morgan fingerprint density at radius 2 is 2.24 bits per heavy atom. The van der Waals surface area contributed by atoms with Gasteiger partial charge in [-0.1, -0.05) is 18.6 Å². The number of carbonyl (C=O) groups is 1. The second-order valence-corrected chi connectivity index (χ2v) is 4.40. The summed E-state index contributed by atoms with van der Waals surface area (Å²) in [5, 5.41) is 0. The van der Waals surface area contributed by atoms with E-state index in [1.165, 1.54) is 12.7 Å². The first-order valence-electron chi connectivity index (χ1n) is 5.97. The topological polar surface area (TPSA) is 29.5 Å². The molecule has 0 spiro atoms. The molecule has 0 fully saturated rings. The van der Waals surface area contributed by atoms with Crippen LogP contribution in [0.25, 0.3) is 0 Å². The predicted molar refractivity (Wildman–Crippen MR) is 69.5 cm³/mol. The third kappa shape index (κ3) is 3.77. The summed E-state index contributed by atoms with van der Waals surface area (Å²) >= 11 is 0. The zero-order valence-corrected chi connectivity index (χ0v) is 11.1. The number of methoxy groups -OCH3 is 1. The van der Waals surface area contributed by atoms with Crippen LogP contribution >= 0.6 is 0 Å². The fourth-order valence-corrected chi connectivity index (χ4v) is 1.83. The van der Waals surface area contributed by atoms with Crippen molar-refractivity contribution in [3.8, 4) is 0 Å². The van der Waals surface area contributed by atoms with Crippen molar-refractivity contribution in [2.75, 3.05) is 13.7 Å². The van der Waals surface area contributed by atoms with Crippen molar-refractivity contribution in [2.24, 2.45) is 0 Å². The van der Waals surface area contributed by atoms with E-state index >= 15 is 0 Å². The highest BCUT2D eigenvalue weighted by Crippen LogP contribution is 2.17. The summed E-state index contributed by atoms with van der Waals surface area (Å²) in [6.07, 6.45) is 8.98. The van der Waals surface area contributed by atoms with Crippen LogP contribution in [-0.4, -0.2) is 30.6 Å². The maximum Gasteiger partial charge on any atom is 0.337 e. The summed E-state index contributed by atoms with van der Waals surface area (Å²) in [7, 11) is 1.41. The Morgan fingerprint density at radius 1 is 1.53 bits per heavy atom. The zero-order valence-electron chi connectivity index (χ0n) is 11.1. The molecule has 0 aromatic rings. The van der Waals surface area contributed by atoms with Crippen LogP contribution in [0.1, 0.15) is 27.2 Å². The average Bonchev–Trinajstić information content (AvgIpc) is 2.30. The molecule has 1 aliphatic heterocycles. The molecule has 17 heavy (non-hydrogen) atoms. The fraction of sp³-hybridized carbons (Fsp3) is 0.500. The maximum atomic E-state index is 11.5. The average molecular weight is 235 g/mol. The number of ether oxygens (including phenoxy) is 1. The third-order valence-corrected chi connectivity index (χ3v) is 2.59. The molecule has 0 radical (unpaired) electrons. The van der Waals surface area contributed by atoms with Crippen molar-refractivity contribution in [2.45, 2.75) is 33.2 Å². The van der Waals surface area contributed by atoms with Crippen molar-refractivity contribution in [1.29, 1.82) is 0 Å². The largest absolute Gasteiger partial charge is 0.465 e. The Bertz CT molecular complexity index is 362. The van der Waals surface area contributed by atoms with Crippen molar-refractivity contribution in [3.63, 3.8) is 0 Å². The van der Waals surface area contributed by atoms with Gasteiger partial charge in [-0.05, 0) is 32.4 Å². The van der Waals surface area contributed by atoms with Crippen LogP contribution < -0.4 is 0 Å². The summed E-state index contributed by atoms with van der Waals surface area (Å²) in [6.45, 7) is 7.26. The zero-order chi connectivity index (χ0) is 12.8. The molecule has 0 saturated heterocycles. The van der Waals surface area contributed by atoms with E-state index in [1.54, 1.807) is 0 Å². The van der Waals surface area contributed by atoms with Crippen LogP contribution in [0.5, 0.6) is 0 Å². The molecule has 0 bridgehead atoms. The predicted octanol–water partition coefficient (Wildman–Crippen LogP) is 2.66. The van der Waals surface area contributed by atoms with E-state index in [2.05, 4.69) is 31.7 Å². The van der Waals surface area contributed by atoms with Gasteiger partial charge in [0.15, 0.2) is 0 Å². The van der Waals surface area contributed by atoms with Crippen LogP contribution in [0.3, 0.4) is 0 Å². The number of nitrogens with zero attached hydrogens (tertiary/aromatic N) is 1. The first-order valence-corrected chi connectivity index (χ1v) is 5.97. The molecule has 0 amide bonds. The normalized spacial score (nSPS) is 18.7. The Hall–Kier alpha value is -1.51. The number of allylic oxidation sites excluding steroid dienone is 1. The monoisotopic (exact) mass is 235 g/mol. The molecule has 1 unspecified atom stereocenters. The summed E-state index contributed by atoms with van der Waals surface area (Å²) in [6, 6.07) is 0.152. The second kappa shape index (κ2) is 6.28. The smallest absolute Gasteiger partial charge is 0.337 e. The van der Waals surface area contributed by atoms with Crippen LogP contribution in [0.15, 0.2) is 35.6 Å². The van der Waals surface area contributed by atoms with Gasteiger partial charge < -0.3 is 9.64 Å². The van der Waals surface area contributed by atoms with Crippen molar-refractivity contribution in [1.82, 2.24) is 4.90 Å². The molecule has 3 nitrogen and oxygen atoms in total. The van der Waals surface area contributed by atoms with Gasteiger partial charge in [0.05, 0.1) is 18.7 Å². The Morgan fingerprint density at radius 3 is 2.76 bits per heavy atom. The van der Waals surface area contributed by atoms with Gasteiger partial charge in [-0.25, -0.2) is 4.79 Å². The quantitative estimate of drug-likeness (QED) is 0.554. The molecule has 1 aliphatic rings. The second-order valence-electron chi connectivity index (χ2n) is 4.40. The number of hydrogen-bond acceptors (Lipinski definition) is 3. The molecule has 1 atom stereocenters. The maximum absolute atomic E-state index is 11.5. The highest BCUT2D eigenvalue weighted by atomic mass is 16.5. The molecular weight excluding hydrogens is 214 g/mol. The van der Waals surface area contributed by atoms with Gasteiger partial charge in [-0.15, -0.1) is 0 Å². The third-order valence-electron chi connectivity index (χ3n) is 2.59. The van der Waals surface area contributed by atoms with Crippen LogP contribution in [-0.2, 0) is 9.53 Å². The lowest BCUT2D eigenvalue weighted by molar-refractivity contribution is -0.135. The molecule has 0 aliphatic carbocycles. The molecule has 0 aromatic carbocycles. The van der Waals surface area contributed by atoms with E-state index in [0.717, 1.165) is 13.0 Å². The van der Waals surface area contributed by atoms with E-state index in [9.17, 15) is 4.79 Å². The minimum Gasteiger partial charge on any atom is -0.465 e. The number of carbonyl (C=O) groups excluding carboxylic acids is 1. The van der Waals surface area contributed by atoms with Gasteiger partial charge in [0.1, 0.15) is 0 Å². The lowest BCUT2D eigenvalue weighted by Crippen LogP contribution is -2.31. The summed E-state index contributed by atoms with van der Waals surface area (Å²) < 4.78 is 4.74. The number of esters is 1. The lowest BCUT2D eigenvalue weighted by atomic mass is 10.0. The first kappa shape index (κ1) is 13.6. The van der Waals surface area contributed by atoms with Gasteiger partial charge in [0.25, 0.3) is 0 Å². The summed E-state index contributed by atoms with van der Waals surface area (Å²) in [5.41, 5.74) is 1.87. The van der Waals surface area contributed by atoms with E-state index in [1.807, 2.05) is 18.4 Å². The van der Waals surface area contributed by atoms with Crippen molar-refractivity contribution >= 4 is 5.97 Å². The highest BCUT2D eigenvalue weighted by Gasteiger charge is 2.18. The van der Waals surface area contributed by atoms with Gasteiger partial charge in [0.2, 0.25) is 0 Å². The Labute approximate surface area is 103 Å². The SMILES string of the molecule is CCCN1C=CC(C(=O)OC)=CC1C=C(C)C. The van der Waals surface area contributed by atoms with Gasteiger partial charge in [-0.2, -0.15) is 0 Å². The highest BCUT2D eigenvalue weighted by molar-refractivity contribution is 5.91. The molecule has 94 valence electrons. The molecule has 0 aromatic heterocycles. The lowest BCUT2D eigenvalue weighted by Gasteiger charge is -2.29. The van der Waals surface area contributed by atoms with E-state index in [0.29, 0.717) is 5.57 Å². The van der Waals surface area contributed by atoms with Crippen LogP contribution in [0, 0.1) is 0 Å². The first-order chi connectivity index (χ1) is 8.08. The van der Waals surface area contributed by atoms with Crippen molar-refractivity contribution < 1.29 is 9.53 Å². The molecule has 3 heteroatoms. The minimum absolute atomic E-state index is 0.152. The number of hydrogen-bond donors (Lipinski definition) is 0. The number of rotatable bonds is 4. The molecule has 1 heterocycles. The van der Waals surface area contributed by atoms with E-state index < -0.39 is 0 Å². The van der Waals surface area contributed by atoms with Gasteiger partial charge in [0, 0.05) is 12.7 Å². The van der Waals surface area contributed by atoms with Crippen molar-refractivity contribution in [3.05, 3.63) is 35.6 Å². The Balaban J connectivity index is 2.91. The van der Waals surface area contributed by atoms with E-state index in [-0.39, 0.29) is 12.0 Å².